The molecule has 1 aromatic heterocycles. The van der Waals surface area contributed by atoms with Crippen LogP contribution in [0.5, 0.6) is 5.75 Å². The van der Waals surface area contributed by atoms with Gasteiger partial charge in [0.1, 0.15) is 11.5 Å². The molecule has 204 valence electrons. The minimum atomic E-state index is -1.01. The van der Waals surface area contributed by atoms with Crippen LogP contribution in [0.15, 0.2) is 76.6 Å². The van der Waals surface area contributed by atoms with E-state index >= 15 is 0 Å². The van der Waals surface area contributed by atoms with Crippen LogP contribution in [0.4, 0.5) is 5.13 Å². The van der Waals surface area contributed by atoms with Crippen molar-refractivity contribution in [3.8, 4) is 5.75 Å². The van der Waals surface area contributed by atoms with Crippen molar-refractivity contribution in [2.45, 2.75) is 23.1 Å². The molecule has 1 unspecified atom stereocenters. The van der Waals surface area contributed by atoms with Crippen LogP contribution >= 0.6 is 57.9 Å². The molecule has 4 aromatic rings. The van der Waals surface area contributed by atoms with Gasteiger partial charge in [0.2, 0.25) is 5.13 Å². The zero-order valence-corrected chi connectivity index (χ0v) is 24.7. The second-order valence-corrected chi connectivity index (χ2v) is 12.0. The van der Waals surface area contributed by atoms with Crippen LogP contribution in [0.25, 0.3) is 5.76 Å². The van der Waals surface area contributed by atoms with E-state index in [1.54, 1.807) is 42.5 Å². The number of ether oxygens (including phenoxy) is 1. The van der Waals surface area contributed by atoms with Gasteiger partial charge >= 0.3 is 5.91 Å². The predicted octanol–water partition coefficient (Wildman–Crippen LogP) is 7.82. The van der Waals surface area contributed by atoms with E-state index in [0.29, 0.717) is 43.6 Å². The fourth-order valence-corrected chi connectivity index (χ4v) is 6.40. The topological polar surface area (TPSA) is 92.6 Å². The fourth-order valence-electron chi connectivity index (χ4n) is 4.14. The summed E-state index contributed by atoms with van der Waals surface area (Å²) in [6.45, 7) is 2.34. The third-order valence-corrected chi connectivity index (χ3v) is 9.14. The molecule has 1 aliphatic heterocycles. The molecule has 0 aliphatic carbocycles. The first-order valence-corrected chi connectivity index (χ1v) is 14.9. The fraction of sp³-hybridized carbons (Fsp3) is 0.143. The Morgan fingerprint density at radius 1 is 1.00 bits per heavy atom. The second kappa shape index (κ2) is 12.2. The molecule has 1 fully saturated rings. The minimum Gasteiger partial charge on any atom is -0.507 e. The normalized spacial score (nSPS) is 16.5. The summed E-state index contributed by atoms with van der Waals surface area (Å²) in [5, 5.41) is 21.2. The number of carbonyl (C=O) groups excluding carboxylic acids is 2. The number of aliphatic hydroxyl groups is 1. The van der Waals surface area contributed by atoms with E-state index < -0.39 is 17.7 Å². The molecule has 0 radical (unpaired) electrons. The molecule has 1 atom stereocenters. The van der Waals surface area contributed by atoms with Crippen molar-refractivity contribution in [1.82, 2.24) is 10.2 Å². The van der Waals surface area contributed by atoms with E-state index in [1.165, 1.54) is 28.0 Å². The molecule has 1 aliphatic rings. The molecule has 1 saturated heterocycles. The molecule has 0 saturated carbocycles. The first-order valence-electron chi connectivity index (χ1n) is 12.0. The predicted molar refractivity (Wildman–Crippen MR) is 160 cm³/mol. The maximum atomic E-state index is 13.4. The van der Waals surface area contributed by atoms with Gasteiger partial charge in [-0.05, 0) is 66.6 Å². The maximum absolute atomic E-state index is 13.4. The highest BCUT2D eigenvalue weighted by Crippen LogP contribution is 2.45. The first kappa shape index (κ1) is 28.4. The Kier molecular flexibility index (Phi) is 8.68. The van der Waals surface area contributed by atoms with Crippen LogP contribution in [0.2, 0.25) is 15.1 Å². The van der Waals surface area contributed by atoms with E-state index in [9.17, 15) is 14.7 Å². The number of hydrogen-bond acceptors (Lipinski definition) is 8. The molecule has 1 N–H and O–H groups in total. The number of amides is 1. The summed E-state index contributed by atoms with van der Waals surface area (Å²) in [5.74, 6) is -0.805. The van der Waals surface area contributed by atoms with Crippen molar-refractivity contribution in [2.75, 3.05) is 11.5 Å². The van der Waals surface area contributed by atoms with Crippen LogP contribution in [0.1, 0.15) is 29.7 Å². The number of hydrogen-bond donors (Lipinski definition) is 1. The number of anilines is 1. The van der Waals surface area contributed by atoms with Gasteiger partial charge in [0.25, 0.3) is 5.78 Å². The SMILES string of the molecule is CCOc1ccc(/C(O)=C2/C(=O)C(=O)N(c3nnc(SCc4ccc(Cl)cc4)s3)C2c2ccc(Cl)c(Cl)c2)cc1. The summed E-state index contributed by atoms with van der Waals surface area (Å²) in [6, 6.07) is 17.8. The molecular weight excluding hydrogens is 613 g/mol. The lowest BCUT2D eigenvalue weighted by Gasteiger charge is -2.23. The number of ketones is 1. The number of rotatable bonds is 8. The van der Waals surface area contributed by atoms with Gasteiger partial charge in [0.05, 0.1) is 28.3 Å². The van der Waals surface area contributed by atoms with Gasteiger partial charge in [-0.1, -0.05) is 76.1 Å². The third kappa shape index (κ3) is 5.84. The first-order chi connectivity index (χ1) is 19.3. The van der Waals surface area contributed by atoms with Crippen molar-refractivity contribution >= 4 is 80.5 Å². The van der Waals surface area contributed by atoms with Crippen LogP contribution in [-0.4, -0.2) is 33.6 Å². The van der Waals surface area contributed by atoms with Gasteiger partial charge in [-0.2, -0.15) is 0 Å². The van der Waals surface area contributed by atoms with E-state index in [2.05, 4.69) is 10.2 Å². The zero-order valence-electron chi connectivity index (χ0n) is 20.8. The average molecular weight is 633 g/mol. The summed E-state index contributed by atoms with van der Waals surface area (Å²) in [6.07, 6.45) is 0. The number of halogens is 3. The van der Waals surface area contributed by atoms with Gasteiger partial charge in [-0.15, -0.1) is 10.2 Å². The highest BCUT2D eigenvalue weighted by atomic mass is 35.5. The van der Waals surface area contributed by atoms with Crippen molar-refractivity contribution in [1.29, 1.82) is 0 Å². The monoisotopic (exact) mass is 631 g/mol. The molecule has 40 heavy (non-hydrogen) atoms. The highest BCUT2D eigenvalue weighted by molar-refractivity contribution is 8.00. The Hall–Kier alpha value is -3.08. The summed E-state index contributed by atoms with van der Waals surface area (Å²) in [4.78, 5) is 28.1. The molecule has 0 bridgehead atoms. The van der Waals surface area contributed by atoms with Gasteiger partial charge in [-0.3, -0.25) is 14.5 Å². The lowest BCUT2D eigenvalue weighted by Crippen LogP contribution is -2.29. The van der Waals surface area contributed by atoms with Crippen LogP contribution in [0.3, 0.4) is 0 Å². The van der Waals surface area contributed by atoms with Crippen molar-refractivity contribution < 1.29 is 19.4 Å². The van der Waals surface area contributed by atoms with E-state index in [-0.39, 0.29) is 21.5 Å². The molecular formula is C28H20Cl3N3O4S2. The van der Waals surface area contributed by atoms with Crippen LogP contribution < -0.4 is 9.64 Å². The lowest BCUT2D eigenvalue weighted by atomic mass is 9.95. The molecule has 2 heterocycles. The molecule has 7 nitrogen and oxygen atoms in total. The van der Waals surface area contributed by atoms with Gasteiger partial charge in [0, 0.05) is 16.3 Å². The molecule has 3 aromatic carbocycles. The van der Waals surface area contributed by atoms with Crippen LogP contribution in [0, 0.1) is 0 Å². The summed E-state index contributed by atoms with van der Waals surface area (Å²) in [5.41, 5.74) is 1.77. The van der Waals surface area contributed by atoms with E-state index in [0.717, 1.165) is 5.56 Å². The van der Waals surface area contributed by atoms with Crippen molar-refractivity contribution in [2.24, 2.45) is 0 Å². The van der Waals surface area contributed by atoms with Crippen molar-refractivity contribution in [3.05, 3.63) is 104 Å². The molecule has 0 spiro atoms. The zero-order chi connectivity index (χ0) is 28.4. The number of carbonyl (C=O) groups is 2. The number of benzene rings is 3. The Morgan fingerprint density at radius 2 is 1.73 bits per heavy atom. The highest BCUT2D eigenvalue weighted by Gasteiger charge is 2.48. The minimum absolute atomic E-state index is 0.0990. The van der Waals surface area contributed by atoms with Gasteiger partial charge < -0.3 is 9.84 Å². The Bertz CT molecular complexity index is 1610. The van der Waals surface area contributed by atoms with Gasteiger partial charge in [0.15, 0.2) is 4.34 Å². The number of aliphatic hydroxyl groups excluding tert-OH is 1. The Balaban J connectivity index is 1.53. The second-order valence-electron chi connectivity index (χ2n) is 8.57. The largest absolute Gasteiger partial charge is 0.507 e. The van der Waals surface area contributed by atoms with Crippen LogP contribution in [-0.2, 0) is 15.3 Å². The smallest absolute Gasteiger partial charge is 0.301 e. The molecule has 12 heteroatoms. The number of Topliss-reactive ketones (excluding diaryl/α,β-unsaturated/α-hetero) is 1. The van der Waals surface area contributed by atoms with Crippen molar-refractivity contribution in [3.63, 3.8) is 0 Å². The van der Waals surface area contributed by atoms with E-state index in [4.69, 9.17) is 39.5 Å². The quantitative estimate of drug-likeness (QED) is 0.0696. The van der Waals surface area contributed by atoms with E-state index in [1.807, 2.05) is 31.2 Å². The molecule has 1 amide bonds. The summed E-state index contributed by atoms with van der Waals surface area (Å²) < 4.78 is 6.08. The summed E-state index contributed by atoms with van der Waals surface area (Å²) >= 11 is 21.0. The third-order valence-electron chi connectivity index (χ3n) is 6.02. The molecule has 5 rings (SSSR count). The summed E-state index contributed by atoms with van der Waals surface area (Å²) in [7, 11) is 0. The standard InChI is InChI=1S/C28H20Cl3N3O4S2/c1-2-38-19-10-5-16(6-11-19)24(35)22-23(17-7-12-20(30)21(31)13-17)34(26(37)25(22)36)27-32-33-28(40-27)39-14-15-3-8-18(29)9-4-15/h3-13,23,35H,2,14H2,1H3/b24-22-. The lowest BCUT2D eigenvalue weighted by molar-refractivity contribution is -0.132. The Morgan fingerprint density at radius 3 is 2.40 bits per heavy atom. The number of aromatic nitrogens is 2. The average Bonchev–Trinajstić information content (AvgIpc) is 3.52. The van der Waals surface area contributed by atoms with Gasteiger partial charge in [-0.25, -0.2) is 0 Å². The Labute approximate surface area is 253 Å². The number of nitrogens with zero attached hydrogens (tertiary/aromatic N) is 3. The maximum Gasteiger partial charge on any atom is 0.301 e. The number of thioether (sulfide) groups is 1.